The number of fused-ring (bicyclic) bond motifs is 1. The highest BCUT2D eigenvalue weighted by molar-refractivity contribution is 5.93. The lowest BCUT2D eigenvalue weighted by Crippen LogP contribution is -2.46. The number of carbonyl (C=O) groups is 2. The Morgan fingerprint density at radius 2 is 1.65 bits per heavy atom. The SMILES string of the molecule is COCCN(CC(=O)N(CCc1c[nH]c2ccccc12)Cc1ccccc1OC)C(=O)Nc1cccc(C)c1C. The second kappa shape index (κ2) is 13.7. The molecule has 0 atom stereocenters. The number of nitrogens with one attached hydrogen (secondary N) is 2. The number of benzene rings is 3. The van der Waals surface area contributed by atoms with Gasteiger partial charge in [0.15, 0.2) is 0 Å². The maximum Gasteiger partial charge on any atom is 0.322 e. The predicted octanol–water partition coefficient (Wildman–Crippen LogP) is 5.55. The summed E-state index contributed by atoms with van der Waals surface area (Å²) >= 11 is 0. The first kappa shape index (κ1) is 28.7. The van der Waals surface area contributed by atoms with Crippen LogP contribution in [0.4, 0.5) is 10.5 Å². The predicted molar refractivity (Wildman–Crippen MR) is 159 cm³/mol. The first-order valence-electron chi connectivity index (χ1n) is 13.5. The number of carbonyl (C=O) groups excluding carboxylic acids is 2. The molecule has 4 aromatic rings. The molecule has 0 saturated heterocycles. The summed E-state index contributed by atoms with van der Waals surface area (Å²) < 4.78 is 10.8. The van der Waals surface area contributed by atoms with Gasteiger partial charge in [-0.05, 0) is 55.2 Å². The molecule has 0 spiro atoms. The van der Waals surface area contributed by atoms with Crippen LogP contribution < -0.4 is 10.1 Å². The second-order valence-corrected chi connectivity index (χ2v) is 9.83. The van der Waals surface area contributed by atoms with Crippen molar-refractivity contribution in [3.8, 4) is 5.75 Å². The Morgan fingerprint density at radius 3 is 2.45 bits per heavy atom. The van der Waals surface area contributed by atoms with Crippen molar-refractivity contribution in [1.82, 2.24) is 14.8 Å². The molecular weight excluding hydrogens is 504 g/mol. The van der Waals surface area contributed by atoms with Crippen LogP contribution in [0.25, 0.3) is 10.9 Å². The van der Waals surface area contributed by atoms with E-state index in [0.717, 1.165) is 44.6 Å². The van der Waals surface area contributed by atoms with Gasteiger partial charge in [-0.25, -0.2) is 4.79 Å². The van der Waals surface area contributed by atoms with Gasteiger partial charge >= 0.3 is 6.03 Å². The van der Waals surface area contributed by atoms with Crippen LogP contribution in [0.3, 0.4) is 0 Å². The maximum atomic E-state index is 13.8. The van der Waals surface area contributed by atoms with Crippen LogP contribution in [-0.2, 0) is 22.5 Å². The van der Waals surface area contributed by atoms with Crippen molar-refractivity contribution in [2.24, 2.45) is 0 Å². The van der Waals surface area contributed by atoms with Crippen molar-refractivity contribution in [2.45, 2.75) is 26.8 Å². The summed E-state index contributed by atoms with van der Waals surface area (Å²) in [6, 6.07) is 21.3. The number of anilines is 1. The van der Waals surface area contributed by atoms with Gasteiger partial charge in [-0.3, -0.25) is 4.79 Å². The number of nitrogens with zero attached hydrogens (tertiary/aromatic N) is 2. The van der Waals surface area contributed by atoms with E-state index in [-0.39, 0.29) is 25.0 Å². The summed E-state index contributed by atoms with van der Waals surface area (Å²) in [6.07, 6.45) is 2.66. The molecule has 3 aromatic carbocycles. The van der Waals surface area contributed by atoms with Gasteiger partial charge in [-0.15, -0.1) is 0 Å². The molecule has 1 aromatic heterocycles. The zero-order chi connectivity index (χ0) is 28.5. The molecular formula is C32H38N4O4. The van der Waals surface area contributed by atoms with E-state index in [0.29, 0.717) is 26.1 Å². The Bertz CT molecular complexity index is 1450. The Kier molecular flexibility index (Phi) is 9.81. The molecule has 8 nitrogen and oxygen atoms in total. The van der Waals surface area contributed by atoms with Crippen molar-refractivity contribution in [3.05, 3.63) is 95.2 Å². The summed E-state index contributed by atoms with van der Waals surface area (Å²) in [4.78, 5) is 33.8. The quantitative estimate of drug-likeness (QED) is 0.246. The lowest BCUT2D eigenvalue weighted by atomic mass is 10.1. The molecule has 40 heavy (non-hydrogen) atoms. The zero-order valence-electron chi connectivity index (χ0n) is 23.7. The van der Waals surface area contributed by atoms with Gasteiger partial charge in [-0.1, -0.05) is 48.5 Å². The molecule has 210 valence electrons. The number of aromatic nitrogens is 1. The van der Waals surface area contributed by atoms with E-state index in [1.165, 1.54) is 4.90 Å². The van der Waals surface area contributed by atoms with E-state index >= 15 is 0 Å². The van der Waals surface area contributed by atoms with Crippen LogP contribution in [0.1, 0.15) is 22.3 Å². The Labute approximate surface area is 235 Å². The highest BCUT2D eigenvalue weighted by Crippen LogP contribution is 2.22. The van der Waals surface area contributed by atoms with Crippen molar-refractivity contribution in [1.29, 1.82) is 0 Å². The highest BCUT2D eigenvalue weighted by atomic mass is 16.5. The molecule has 8 heteroatoms. The van der Waals surface area contributed by atoms with Crippen molar-refractivity contribution in [2.75, 3.05) is 45.8 Å². The van der Waals surface area contributed by atoms with Crippen LogP contribution in [0.15, 0.2) is 72.9 Å². The van der Waals surface area contributed by atoms with Crippen LogP contribution in [0.2, 0.25) is 0 Å². The number of methoxy groups -OCH3 is 2. The topological polar surface area (TPSA) is 86.9 Å². The second-order valence-electron chi connectivity index (χ2n) is 9.83. The molecule has 2 N–H and O–H groups in total. The third-order valence-corrected chi connectivity index (χ3v) is 7.26. The average Bonchev–Trinajstić information content (AvgIpc) is 3.38. The summed E-state index contributed by atoms with van der Waals surface area (Å²) in [5.41, 5.74) is 5.90. The van der Waals surface area contributed by atoms with Gasteiger partial charge in [0.05, 0.1) is 13.7 Å². The number of hydrogen-bond acceptors (Lipinski definition) is 4. The summed E-state index contributed by atoms with van der Waals surface area (Å²) in [5.74, 6) is 0.564. The number of ether oxygens (including phenoxy) is 2. The van der Waals surface area contributed by atoms with E-state index in [2.05, 4.69) is 16.4 Å². The van der Waals surface area contributed by atoms with Crippen LogP contribution in [-0.4, -0.2) is 67.2 Å². The minimum absolute atomic E-state index is 0.0803. The van der Waals surface area contributed by atoms with Crippen molar-refractivity contribution >= 4 is 28.5 Å². The van der Waals surface area contributed by atoms with Crippen LogP contribution in [0.5, 0.6) is 5.75 Å². The van der Waals surface area contributed by atoms with E-state index in [4.69, 9.17) is 9.47 Å². The Hall–Kier alpha value is -4.30. The highest BCUT2D eigenvalue weighted by Gasteiger charge is 2.23. The average molecular weight is 543 g/mol. The monoisotopic (exact) mass is 542 g/mol. The molecule has 0 aliphatic carbocycles. The lowest BCUT2D eigenvalue weighted by Gasteiger charge is -2.28. The fraction of sp³-hybridized carbons (Fsp3) is 0.312. The Morgan fingerprint density at radius 1 is 0.875 bits per heavy atom. The van der Waals surface area contributed by atoms with Crippen LogP contribution >= 0.6 is 0 Å². The molecule has 0 fully saturated rings. The number of hydrogen-bond donors (Lipinski definition) is 2. The van der Waals surface area contributed by atoms with Gasteiger partial charge in [0.2, 0.25) is 5.91 Å². The normalized spacial score (nSPS) is 10.9. The molecule has 0 saturated carbocycles. The zero-order valence-corrected chi connectivity index (χ0v) is 23.7. The van der Waals surface area contributed by atoms with Gasteiger partial charge in [0.1, 0.15) is 12.3 Å². The third kappa shape index (κ3) is 7.01. The molecule has 0 aliphatic rings. The third-order valence-electron chi connectivity index (χ3n) is 7.26. The molecule has 1 heterocycles. The number of aromatic amines is 1. The van der Waals surface area contributed by atoms with E-state index in [1.807, 2.05) is 80.7 Å². The van der Waals surface area contributed by atoms with E-state index < -0.39 is 0 Å². The Balaban J connectivity index is 1.55. The van der Waals surface area contributed by atoms with Crippen LogP contribution in [0, 0.1) is 13.8 Å². The molecule has 4 rings (SSSR count). The number of aryl methyl sites for hydroxylation is 1. The molecule has 0 unspecified atom stereocenters. The smallest absolute Gasteiger partial charge is 0.322 e. The number of H-pyrrole nitrogens is 1. The summed E-state index contributed by atoms with van der Waals surface area (Å²) in [6.45, 7) is 5.33. The summed E-state index contributed by atoms with van der Waals surface area (Å²) in [5, 5.41) is 4.12. The number of amides is 3. The largest absolute Gasteiger partial charge is 0.496 e. The molecule has 3 amide bonds. The standard InChI is InChI=1S/C32H38N4O4/c1-23-10-9-14-28(24(23)2)34-32(38)36(18-19-39-3)22-31(37)35(21-26-11-5-8-15-30(26)40-4)17-16-25-20-33-29-13-7-6-12-27(25)29/h5-15,20,33H,16-19,21-22H2,1-4H3,(H,34,38). The van der Waals surface area contributed by atoms with Crippen molar-refractivity contribution < 1.29 is 19.1 Å². The van der Waals surface area contributed by atoms with E-state index in [9.17, 15) is 9.59 Å². The fourth-order valence-corrected chi connectivity index (χ4v) is 4.72. The maximum absolute atomic E-state index is 13.8. The molecule has 0 aliphatic heterocycles. The number of urea groups is 1. The van der Waals surface area contributed by atoms with Gasteiger partial charge in [-0.2, -0.15) is 0 Å². The van der Waals surface area contributed by atoms with Gasteiger partial charge < -0.3 is 29.6 Å². The van der Waals surface area contributed by atoms with E-state index in [1.54, 1.807) is 19.1 Å². The molecule has 0 radical (unpaired) electrons. The first-order chi connectivity index (χ1) is 19.4. The molecule has 0 bridgehead atoms. The van der Waals surface area contributed by atoms with Gasteiger partial charge in [0.25, 0.3) is 0 Å². The summed E-state index contributed by atoms with van der Waals surface area (Å²) in [7, 11) is 3.21. The van der Waals surface area contributed by atoms with Gasteiger partial charge in [0, 0.05) is 55.1 Å². The lowest BCUT2D eigenvalue weighted by molar-refractivity contribution is -0.132. The number of rotatable bonds is 12. The minimum Gasteiger partial charge on any atom is -0.496 e. The van der Waals surface area contributed by atoms with Crippen molar-refractivity contribution in [3.63, 3.8) is 0 Å². The number of para-hydroxylation sites is 2. The fourth-order valence-electron chi connectivity index (χ4n) is 4.72. The first-order valence-corrected chi connectivity index (χ1v) is 13.5. The minimum atomic E-state index is -0.340.